The van der Waals surface area contributed by atoms with E-state index in [1.807, 2.05) is 24.3 Å². The van der Waals surface area contributed by atoms with Crippen LogP contribution in [0.15, 0.2) is 65.5 Å². The van der Waals surface area contributed by atoms with E-state index in [2.05, 4.69) is 53.2 Å². The van der Waals surface area contributed by atoms with Gasteiger partial charge in [-0.05, 0) is 80.1 Å². The summed E-state index contributed by atoms with van der Waals surface area (Å²) in [4.78, 5) is 33.1. The van der Waals surface area contributed by atoms with E-state index in [1.54, 1.807) is 11.5 Å². The largest absolute Gasteiger partial charge is 0.461 e. The number of carbonyl (C=O) groups is 1. The smallest absolute Gasteiger partial charge is 0.362 e. The van der Waals surface area contributed by atoms with Gasteiger partial charge < -0.3 is 9.30 Å². The maximum Gasteiger partial charge on any atom is 0.362 e. The maximum atomic E-state index is 13.5. The average molecular weight is 482 g/mol. The van der Waals surface area contributed by atoms with Crippen molar-refractivity contribution < 1.29 is 9.53 Å². The van der Waals surface area contributed by atoms with Crippen LogP contribution in [0.2, 0.25) is 0 Å². The van der Waals surface area contributed by atoms with E-state index in [1.165, 1.54) is 21.9 Å². The summed E-state index contributed by atoms with van der Waals surface area (Å²) in [7, 11) is 0. The second kappa shape index (κ2) is 9.17. The highest BCUT2D eigenvalue weighted by atomic mass is 16.5. The summed E-state index contributed by atoms with van der Waals surface area (Å²) < 4.78 is 6.90. The quantitative estimate of drug-likeness (QED) is 0.343. The molecule has 2 aliphatic rings. The molecule has 4 aromatic rings. The summed E-state index contributed by atoms with van der Waals surface area (Å²) in [5.41, 5.74) is 3.74. The number of rotatable bonds is 6. The standard InChI is InChI=1S/C30H31N3O3/c1-3-36-30(35)28-29(34)33(25-15-5-4-14-24(25)31-28)19(2)17-22-12-8-16-32(22)26-18-21-11-6-9-20-10-7-13-23(26)27(20)21/h4-7,9-11,13-15,19,22,26H,3,8,12,16-18H2,1-2H3/t19-,22-,26?/m0/s1. The highest BCUT2D eigenvalue weighted by Crippen LogP contribution is 2.43. The topological polar surface area (TPSA) is 64.4 Å². The summed E-state index contributed by atoms with van der Waals surface area (Å²) in [5.74, 6) is -0.659. The Morgan fingerprint density at radius 2 is 1.92 bits per heavy atom. The van der Waals surface area contributed by atoms with Crippen LogP contribution in [0.4, 0.5) is 0 Å². The van der Waals surface area contributed by atoms with Crippen LogP contribution < -0.4 is 5.56 Å². The molecule has 184 valence electrons. The van der Waals surface area contributed by atoms with E-state index in [0.29, 0.717) is 17.6 Å². The Hall–Kier alpha value is -3.51. The average Bonchev–Trinajstić information content (AvgIpc) is 3.49. The summed E-state index contributed by atoms with van der Waals surface area (Å²) >= 11 is 0. The summed E-state index contributed by atoms with van der Waals surface area (Å²) in [6.45, 7) is 5.09. The SMILES string of the molecule is CCOC(=O)c1nc2ccccc2n([C@@H](C)C[C@@H]2CCCN2C2Cc3cccc4cccc2c34)c1=O. The molecule has 1 fully saturated rings. The van der Waals surface area contributed by atoms with Crippen LogP contribution in [-0.4, -0.2) is 39.6 Å². The molecular weight excluding hydrogens is 450 g/mol. The third-order valence-electron chi connectivity index (χ3n) is 7.94. The zero-order valence-electron chi connectivity index (χ0n) is 20.8. The zero-order valence-corrected chi connectivity index (χ0v) is 20.8. The first-order valence-electron chi connectivity index (χ1n) is 13.0. The highest BCUT2D eigenvalue weighted by molar-refractivity contribution is 5.91. The molecule has 3 atom stereocenters. The van der Waals surface area contributed by atoms with Crippen LogP contribution in [0.5, 0.6) is 0 Å². The monoisotopic (exact) mass is 481 g/mol. The maximum absolute atomic E-state index is 13.5. The Labute approximate surface area is 210 Å². The van der Waals surface area contributed by atoms with Crippen molar-refractivity contribution in [1.82, 2.24) is 14.5 Å². The van der Waals surface area contributed by atoms with Crippen molar-refractivity contribution in [1.29, 1.82) is 0 Å². The number of carbonyl (C=O) groups excluding carboxylic acids is 1. The lowest BCUT2D eigenvalue weighted by Crippen LogP contribution is -2.37. The summed E-state index contributed by atoms with van der Waals surface area (Å²) in [6.07, 6.45) is 4.13. The van der Waals surface area contributed by atoms with E-state index < -0.39 is 5.97 Å². The number of likely N-dealkylation sites (tertiary alicyclic amines) is 1. The molecule has 2 heterocycles. The molecule has 1 aliphatic carbocycles. The van der Waals surface area contributed by atoms with Gasteiger partial charge in [-0.2, -0.15) is 0 Å². The van der Waals surface area contributed by atoms with Gasteiger partial charge in [-0.3, -0.25) is 9.69 Å². The van der Waals surface area contributed by atoms with Gasteiger partial charge in [0.1, 0.15) is 0 Å². The van der Waals surface area contributed by atoms with Crippen LogP contribution in [0, 0.1) is 0 Å². The fraction of sp³-hybridized carbons (Fsp3) is 0.367. The van der Waals surface area contributed by atoms with E-state index in [9.17, 15) is 9.59 Å². The Bertz CT molecular complexity index is 1520. The number of ether oxygens (including phenoxy) is 1. The van der Waals surface area contributed by atoms with Gasteiger partial charge in [0.05, 0.1) is 17.6 Å². The first kappa shape index (κ1) is 22.9. The van der Waals surface area contributed by atoms with Crippen LogP contribution in [0.25, 0.3) is 21.8 Å². The third-order valence-corrected chi connectivity index (χ3v) is 7.94. The van der Waals surface area contributed by atoms with Crippen molar-refractivity contribution in [3.8, 4) is 0 Å². The number of nitrogens with zero attached hydrogens (tertiary/aromatic N) is 3. The second-order valence-electron chi connectivity index (χ2n) is 10.0. The minimum absolute atomic E-state index is 0.0938. The van der Waals surface area contributed by atoms with Gasteiger partial charge in [-0.25, -0.2) is 9.78 Å². The van der Waals surface area contributed by atoms with Crippen molar-refractivity contribution in [3.05, 3.63) is 87.8 Å². The van der Waals surface area contributed by atoms with E-state index in [4.69, 9.17) is 4.74 Å². The fourth-order valence-corrected chi connectivity index (χ4v) is 6.46. The second-order valence-corrected chi connectivity index (χ2v) is 10.0. The molecule has 1 unspecified atom stereocenters. The molecule has 0 amide bonds. The van der Waals surface area contributed by atoms with Crippen molar-refractivity contribution >= 4 is 27.8 Å². The molecule has 6 heteroatoms. The lowest BCUT2D eigenvalue weighted by Gasteiger charge is -2.33. The van der Waals surface area contributed by atoms with E-state index in [0.717, 1.165) is 37.7 Å². The number of benzene rings is 3. The molecule has 6 rings (SSSR count). The Morgan fingerprint density at radius 1 is 1.11 bits per heavy atom. The fourth-order valence-electron chi connectivity index (χ4n) is 6.46. The molecule has 0 N–H and O–H groups in total. The predicted molar refractivity (Wildman–Crippen MR) is 141 cm³/mol. The van der Waals surface area contributed by atoms with Gasteiger partial charge >= 0.3 is 5.97 Å². The minimum atomic E-state index is -0.659. The lowest BCUT2D eigenvalue weighted by atomic mass is 10.0. The Morgan fingerprint density at radius 3 is 2.75 bits per heavy atom. The molecule has 1 aliphatic heterocycles. The first-order chi connectivity index (χ1) is 17.6. The predicted octanol–water partition coefficient (Wildman–Crippen LogP) is 5.44. The van der Waals surface area contributed by atoms with Crippen LogP contribution in [0.1, 0.15) is 66.8 Å². The molecule has 3 aromatic carbocycles. The molecule has 1 saturated heterocycles. The van der Waals surface area contributed by atoms with Gasteiger partial charge in [-0.1, -0.05) is 48.5 Å². The van der Waals surface area contributed by atoms with E-state index >= 15 is 0 Å². The summed E-state index contributed by atoms with van der Waals surface area (Å²) in [6, 6.07) is 21.5. The van der Waals surface area contributed by atoms with Crippen LogP contribution >= 0.6 is 0 Å². The first-order valence-corrected chi connectivity index (χ1v) is 13.0. The zero-order chi connectivity index (χ0) is 24.8. The number of hydrogen-bond donors (Lipinski definition) is 0. The van der Waals surface area contributed by atoms with Crippen molar-refractivity contribution in [2.24, 2.45) is 0 Å². The molecule has 6 nitrogen and oxygen atoms in total. The highest BCUT2D eigenvalue weighted by Gasteiger charge is 2.37. The number of fused-ring (bicyclic) bond motifs is 1. The third kappa shape index (κ3) is 3.71. The van der Waals surface area contributed by atoms with Crippen molar-refractivity contribution in [2.45, 2.75) is 57.7 Å². The molecule has 0 radical (unpaired) electrons. The van der Waals surface area contributed by atoms with Crippen molar-refractivity contribution in [2.75, 3.05) is 13.2 Å². The number of esters is 1. The van der Waals surface area contributed by atoms with Crippen LogP contribution in [0.3, 0.4) is 0 Å². The van der Waals surface area contributed by atoms with Crippen molar-refractivity contribution in [3.63, 3.8) is 0 Å². The van der Waals surface area contributed by atoms with Gasteiger partial charge in [0.25, 0.3) is 5.56 Å². The van der Waals surface area contributed by atoms with Gasteiger partial charge in [0.15, 0.2) is 0 Å². The Balaban J connectivity index is 1.33. The minimum Gasteiger partial charge on any atom is -0.461 e. The molecule has 0 spiro atoms. The normalized spacial score (nSPS) is 20.3. The summed E-state index contributed by atoms with van der Waals surface area (Å²) in [5, 5.41) is 2.73. The van der Waals surface area contributed by atoms with Gasteiger partial charge in [-0.15, -0.1) is 0 Å². The number of aromatic nitrogens is 2. The van der Waals surface area contributed by atoms with Crippen LogP contribution in [-0.2, 0) is 11.2 Å². The number of hydrogen-bond acceptors (Lipinski definition) is 5. The van der Waals surface area contributed by atoms with Gasteiger partial charge in [0, 0.05) is 18.1 Å². The van der Waals surface area contributed by atoms with E-state index in [-0.39, 0.29) is 23.9 Å². The molecule has 36 heavy (non-hydrogen) atoms. The number of para-hydroxylation sites is 2. The molecule has 1 aromatic heterocycles. The molecular formula is C30H31N3O3. The lowest BCUT2D eigenvalue weighted by molar-refractivity contribution is 0.0516. The molecule has 0 bridgehead atoms. The molecule has 0 saturated carbocycles. The van der Waals surface area contributed by atoms with Gasteiger partial charge in [0.2, 0.25) is 5.69 Å². The Kier molecular flexibility index (Phi) is 5.84.